The van der Waals surface area contributed by atoms with Gasteiger partial charge in [-0.15, -0.1) is 0 Å². The number of ether oxygens (including phenoxy) is 4. The molecule has 0 amide bonds. The number of nitrogens with zero attached hydrogens (tertiary/aromatic N) is 1. The molecule has 5 rings (SSSR count). The molecule has 5 atom stereocenters. The van der Waals surface area contributed by atoms with Crippen molar-refractivity contribution in [1.29, 1.82) is 0 Å². The number of hydrogen-bond donors (Lipinski definition) is 2. The second-order valence-corrected chi connectivity index (χ2v) is 11.7. The highest BCUT2D eigenvalue weighted by Crippen LogP contribution is 2.64. The Morgan fingerprint density at radius 1 is 1.26 bits per heavy atom. The van der Waals surface area contributed by atoms with Gasteiger partial charge in [-0.3, -0.25) is 9.59 Å². The van der Waals surface area contributed by atoms with Crippen molar-refractivity contribution in [2.24, 2.45) is 0 Å². The zero-order chi connectivity index (χ0) is 27.6. The van der Waals surface area contributed by atoms with E-state index in [0.29, 0.717) is 30.7 Å². The van der Waals surface area contributed by atoms with E-state index in [0.717, 1.165) is 18.1 Å². The number of likely N-dealkylation sites (tertiary alicyclic amines) is 1. The number of rotatable bonds is 6. The molecule has 2 bridgehead atoms. The van der Waals surface area contributed by atoms with Gasteiger partial charge in [0, 0.05) is 30.5 Å². The second kappa shape index (κ2) is 9.07. The molecule has 1 saturated heterocycles. The van der Waals surface area contributed by atoms with Crippen LogP contribution in [0.3, 0.4) is 0 Å². The molecule has 10 heteroatoms. The largest absolute Gasteiger partial charge is 0.481 e. The minimum absolute atomic E-state index is 0.158. The van der Waals surface area contributed by atoms with E-state index >= 15 is 0 Å². The van der Waals surface area contributed by atoms with Crippen LogP contribution < -0.4 is 4.74 Å². The highest BCUT2D eigenvalue weighted by atomic mass is 16.6. The Morgan fingerprint density at radius 2 is 2.00 bits per heavy atom. The Morgan fingerprint density at radius 3 is 2.66 bits per heavy atom. The summed E-state index contributed by atoms with van der Waals surface area (Å²) in [5.74, 6) is -1.60. The fourth-order valence-electron chi connectivity index (χ4n) is 6.70. The van der Waals surface area contributed by atoms with Crippen LogP contribution in [0.5, 0.6) is 5.75 Å². The molecular formula is C28H35NO9. The molecule has 2 aliphatic heterocycles. The summed E-state index contributed by atoms with van der Waals surface area (Å²) in [4.78, 5) is 39.5. The summed E-state index contributed by atoms with van der Waals surface area (Å²) in [6.07, 6.45) is 0.331. The predicted octanol–water partition coefficient (Wildman–Crippen LogP) is 1.66. The third-order valence-corrected chi connectivity index (χ3v) is 8.19. The molecule has 1 aromatic carbocycles. The molecular weight excluding hydrogens is 494 g/mol. The quantitative estimate of drug-likeness (QED) is 0.414. The van der Waals surface area contributed by atoms with E-state index in [1.807, 2.05) is 19.2 Å². The van der Waals surface area contributed by atoms with Crippen LogP contribution in [0.25, 0.3) is 0 Å². The normalized spacial score (nSPS) is 29.9. The molecule has 10 nitrogen and oxygen atoms in total. The highest BCUT2D eigenvalue weighted by molar-refractivity contribution is 5.84. The summed E-state index contributed by atoms with van der Waals surface area (Å²) in [7, 11) is 2.00. The molecule has 2 N–H and O–H groups in total. The summed E-state index contributed by atoms with van der Waals surface area (Å²) in [5.41, 5.74) is -0.320. The van der Waals surface area contributed by atoms with Crippen LogP contribution in [-0.4, -0.2) is 76.1 Å². The lowest BCUT2D eigenvalue weighted by Crippen LogP contribution is -2.74. The Bertz CT molecular complexity index is 1220. The summed E-state index contributed by atoms with van der Waals surface area (Å²) in [5, 5.41) is 22.3. The van der Waals surface area contributed by atoms with Gasteiger partial charge in [0.15, 0.2) is 6.10 Å². The number of aliphatic hydroxyl groups excluding tert-OH is 1. The minimum atomic E-state index is -1.46. The molecule has 2 heterocycles. The smallest absolute Gasteiger partial charge is 0.348 e. The van der Waals surface area contributed by atoms with Gasteiger partial charge >= 0.3 is 17.9 Å². The molecule has 4 aliphatic rings. The first-order valence-electron chi connectivity index (χ1n) is 13.0. The molecule has 206 valence electrons. The van der Waals surface area contributed by atoms with Crippen molar-refractivity contribution in [3.63, 3.8) is 0 Å². The number of carbonyl (C=O) groups excluding carboxylic acids is 3. The van der Waals surface area contributed by atoms with Gasteiger partial charge in [0.25, 0.3) is 0 Å². The second-order valence-electron chi connectivity index (χ2n) is 11.7. The van der Waals surface area contributed by atoms with Gasteiger partial charge in [-0.1, -0.05) is 12.1 Å². The minimum Gasteiger partial charge on any atom is -0.481 e. The van der Waals surface area contributed by atoms with Crippen molar-refractivity contribution in [3.8, 4) is 5.75 Å². The van der Waals surface area contributed by atoms with E-state index in [1.165, 1.54) is 0 Å². The van der Waals surface area contributed by atoms with Crippen molar-refractivity contribution >= 4 is 17.9 Å². The summed E-state index contributed by atoms with van der Waals surface area (Å²) in [6, 6.07) is 3.66. The number of aliphatic hydroxyl groups is 2. The average Bonchev–Trinajstić information content (AvgIpc) is 3.17. The molecule has 1 unspecified atom stereocenters. The number of likely N-dealkylation sites (N-methyl/N-ethyl adjacent to an activating group) is 1. The van der Waals surface area contributed by atoms with Gasteiger partial charge < -0.3 is 34.1 Å². The van der Waals surface area contributed by atoms with E-state index in [9.17, 15) is 24.6 Å². The molecule has 2 aliphatic carbocycles. The van der Waals surface area contributed by atoms with Crippen molar-refractivity contribution < 1.29 is 43.5 Å². The topological polar surface area (TPSA) is 132 Å². The van der Waals surface area contributed by atoms with Gasteiger partial charge in [0.05, 0.1) is 24.0 Å². The van der Waals surface area contributed by atoms with Crippen LogP contribution in [0, 0.1) is 0 Å². The Labute approximate surface area is 221 Å². The lowest BCUT2D eigenvalue weighted by molar-refractivity contribution is -0.179. The molecule has 1 fully saturated rings. The van der Waals surface area contributed by atoms with Crippen molar-refractivity contribution in [1.82, 2.24) is 4.90 Å². The summed E-state index contributed by atoms with van der Waals surface area (Å²) < 4.78 is 22.6. The van der Waals surface area contributed by atoms with Crippen LogP contribution in [0.1, 0.15) is 63.6 Å². The number of carbonyl (C=O) groups is 3. The number of hydrogen-bond acceptors (Lipinski definition) is 10. The standard InChI is InChI=1S/C28H35NO9/c1-15(31)35-19(25(33)38-26(2,3)4)13-21(32)36-18-8-9-28(34)20-12-16-6-7-17(14-30)23-22(16)27(28,24(18)37-23)10-11-29(20)5/h6-8,19-20,24,30,34H,9-14H2,1-5H3/t19-,20?,24-,27-,28+/m0/s1. The van der Waals surface area contributed by atoms with Crippen molar-refractivity contribution in [3.05, 3.63) is 40.7 Å². The maximum atomic E-state index is 13.1. The lowest BCUT2D eigenvalue weighted by atomic mass is 9.50. The molecule has 1 spiro atoms. The van der Waals surface area contributed by atoms with Crippen LogP contribution in [0.15, 0.2) is 24.0 Å². The molecule has 0 aromatic heterocycles. The molecule has 0 saturated carbocycles. The van der Waals surface area contributed by atoms with E-state index < -0.39 is 53.2 Å². The van der Waals surface area contributed by atoms with E-state index in [2.05, 4.69) is 4.90 Å². The molecule has 1 aromatic rings. The summed E-state index contributed by atoms with van der Waals surface area (Å²) >= 11 is 0. The van der Waals surface area contributed by atoms with Gasteiger partial charge in [-0.05, 0) is 58.8 Å². The SMILES string of the molecule is CC(=O)O[C@@H](CC(=O)OC1=CC[C@@]2(O)C3Cc4ccc(CO)c5c4[C@@]2(CCN3C)[C@H]1O5)C(=O)OC(C)(C)C. The number of benzene rings is 1. The Balaban J connectivity index is 1.46. The molecule has 38 heavy (non-hydrogen) atoms. The van der Waals surface area contributed by atoms with Crippen molar-refractivity contribution in [2.45, 2.75) is 94.9 Å². The van der Waals surface area contributed by atoms with Crippen LogP contribution in [0.2, 0.25) is 0 Å². The number of piperidine rings is 1. The van der Waals surface area contributed by atoms with Gasteiger partial charge in [0.2, 0.25) is 6.10 Å². The Kier molecular flexibility index (Phi) is 6.36. The van der Waals surface area contributed by atoms with Gasteiger partial charge in [0.1, 0.15) is 17.1 Å². The van der Waals surface area contributed by atoms with Crippen molar-refractivity contribution in [2.75, 3.05) is 13.6 Å². The van der Waals surface area contributed by atoms with E-state index in [-0.39, 0.29) is 24.8 Å². The third-order valence-electron chi connectivity index (χ3n) is 8.19. The monoisotopic (exact) mass is 529 g/mol. The molecule has 0 radical (unpaired) electrons. The van der Waals surface area contributed by atoms with Crippen LogP contribution in [-0.2, 0) is 47.0 Å². The van der Waals surface area contributed by atoms with Gasteiger partial charge in [-0.2, -0.15) is 0 Å². The van der Waals surface area contributed by atoms with E-state index in [1.54, 1.807) is 26.8 Å². The fraction of sp³-hybridized carbons (Fsp3) is 0.607. The Hall–Kier alpha value is -2.95. The first kappa shape index (κ1) is 26.6. The highest BCUT2D eigenvalue weighted by Gasteiger charge is 2.71. The first-order valence-corrected chi connectivity index (χ1v) is 13.0. The summed E-state index contributed by atoms with van der Waals surface area (Å²) in [6.45, 7) is 6.64. The zero-order valence-corrected chi connectivity index (χ0v) is 22.4. The first-order chi connectivity index (χ1) is 17.8. The maximum absolute atomic E-state index is 13.1. The van der Waals surface area contributed by atoms with E-state index in [4.69, 9.17) is 18.9 Å². The average molecular weight is 530 g/mol. The van der Waals surface area contributed by atoms with Gasteiger partial charge in [-0.25, -0.2) is 4.79 Å². The zero-order valence-electron chi connectivity index (χ0n) is 22.4. The van der Waals surface area contributed by atoms with Crippen LogP contribution >= 0.6 is 0 Å². The maximum Gasteiger partial charge on any atom is 0.348 e. The number of esters is 3. The predicted molar refractivity (Wildman–Crippen MR) is 133 cm³/mol. The lowest BCUT2D eigenvalue weighted by Gasteiger charge is -2.61. The fourth-order valence-corrected chi connectivity index (χ4v) is 6.70. The third kappa shape index (κ3) is 4.01. The van der Waals surface area contributed by atoms with Crippen LogP contribution in [0.4, 0.5) is 0 Å².